The Hall–Kier alpha value is -3.55. The van der Waals surface area contributed by atoms with Crippen molar-refractivity contribution < 1.29 is 23.9 Å². The average molecular weight is 494 g/mol. The SMILES string of the molecule is COC(=O)c1ccc(COc2cccc(C=C3SC(=O)N(Cc4ccc(Cl)cc4)C3=O)c2)cc1. The fourth-order valence-corrected chi connectivity index (χ4v) is 4.24. The number of benzene rings is 3. The number of halogens is 1. The second kappa shape index (κ2) is 10.6. The molecule has 0 spiro atoms. The topological polar surface area (TPSA) is 72.9 Å². The van der Waals surface area contributed by atoms with Crippen molar-refractivity contribution in [2.24, 2.45) is 0 Å². The Bertz CT molecular complexity index is 1250. The Morgan fingerprint density at radius 3 is 2.41 bits per heavy atom. The Labute approximate surface area is 206 Å². The molecule has 3 aromatic rings. The van der Waals surface area contributed by atoms with Crippen LogP contribution in [0.4, 0.5) is 4.79 Å². The molecular weight excluding hydrogens is 474 g/mol. The lowest BCUT2D eigenvalue weighted by atomic mass is 10.1. The molecule has 172 valence electrons. The number of hydrogen-bond acceptors (Lipinski definition) is 6. The van der Waals surface area contributed by atoms with Gasteiger partial charge >= 0.3 is 5.97 Å². The number of imide groups is 1. The molecule has 0 N–H and O–H groups in total. The number of rotatable bonds is 7. The molecule has 6 nitrogen and oxygen atoms in total. The molecule has 2 amide bonds. The van der Waals surface area contributed by atoms with Gasteiger partial charge < -0.3 is 9.47 Å². The highest BCUT2D eigenvalue weighted by molar-refractivity contribution is 8.18. The normalized spacial score (nSPS) is 14.5. The van der Waals surface area contributed by atoms with Crippen molar-refractivity contribution in [3.8, 4) is 5.75 Å². The van der Waals surface area contributed by atoms with E-state index in [4.69, 9.17) is 21.1 Å². The third-order valence-electron chi connectivity index (χ3n) is 5.06. The van der Waals surface area contributed by atoms with Crippen LogP contribution in [0.25, 0.3) is 6.08 Å². The highest BCUT2D eigenvalue weighted by atomic mass is 35.5. The molecule has 0 unspecified atom stereocenters. The number of methoxy groups -OCH3 is 1. The van der Waals surface area contributed by atoms with Crippen molar-refractivity contribution in [2.75, 3.05) is 7.11 Å². The van der Waals surface area contributed by atoms with Crippen molar-refractivity contribution in [1.82, 2.24) is 4.90 Å². The number of amides is 2. The first-order chi connectivity index (χ1) is 16.4. The molecule has 0 aromatic heterocycles. The van der Waals surface area contributed by atoms with Gasteiger partial charge in [0.15, 0.2) is 0 Å². The minimum absolute atomic E-state index is 0.192. The van der Waals surface area contributed by atoms with Gasteiger partial charge in [-0.1, -0.05) is 48.0 Å². The van der Waals surface area contributed by atoms with Crippen LogP contribution in [0.5, 0.6) is 5.75 Å². The van der Waals surface area contributed by atoms with Crippen molar-refractivity contribution in [1.29, 1.82) is 0 Å². The first-order valence-corrected chi connectivity index (χ1v) is 11.5. The first kappa shape index (κ1) is 23.6. The lowest BCUT2D eigenvalue weighted by Gasteiger charge is -2.12. The predicted octanol–water partition coefficient (Wildman–Crippen LogP) is 5.94. The number of ether oxygens (including phenoxy) is 2. The molecule has 3 aromatic carbocycles. The second-order valence-electron chi connectivity index (χ2n) is 7.44. The van der Waals surface area contributed by atoms with Crippen molar-refractivity contribution in [3.05, 3.63) is 105 Å². The third kappa shape index (κ3) is 5.68. The van der Waals surface area contributed by atoms with E-state index in [2.05, 4.69) is 0 Å². The zero-order valence-corrected chi connectivity index (χ0v) is 19.8. The summed E-state index contributed by atoms with van der Waals surface area (Å²) in [5.74, 6) is -0.106. The van der Waals surface area contributed by atoms with Gasteiger partial charge in [-0.3, -0.25) is 14.5 Å². The van der Waals surface area contributed by atoms with Crippen molar-refractivity contribution >= 4 is 46.6 Å². The monoisotopic (exact) mass is 493 g/mol. The maximum Gasteiger partial charge on any atom is 0.337 e. The van der Waals surface area contributed by atoms with E-state index in [1.54, 1.807) is 60.7 Å². The van der Waals surface area contributed by atoms with Gasteiger partial charge in [0.25, 0.3) is 11.1 Å². The minimum atomic E-state index is -0.391. The summed E-state index contributed by atoms with van der Waals surface area (Å²) < 4.78 is 10.6. The fraction of sp³-hybridized carbons (Fsp3) is 0.115. The average Bonchev–Trinajstić information content (AvgIpc) is 3.11. The molecule has 1 aliphatic rings. The molecule has 1 heterocycles. The van der Waals surface area contributed by atoms with Crippen LogP contribution < -0.4 is 4.74 Å². The van der Waals surface area contributed by atoms with Gasteiger partial charge in [-0.05, 0) is 70.9 Å². The van der Waals surface area contributed by atoms with E-state index in [0.29, 0.717) is 27.8 Å². The lowest BCUT2D eigenvalue weighted by Crippen LogP contribution is -2.27. The number of thioether (sulfide) groups is 1. The first-order valence-electron chi connectivity index (χ1n) is 10.3. The fourth-order valence-electron chi connectivity index (χ4n) is 3.28. The summed E-state index contributed by atoms with van der Waals surface area (Å²) in [4.78, 5) is 38.3. The standard InChI is InChI=1S/C26H20ClNO5S/c1-32-25(30)20-9-5-18(6-10-20)16-33-22-4-2-3-19(13-22)14-23-24(29)28(26(31)34-23)15-17-7-11-21(27)12-8-17/h2-14H,15-16H2,1H3. The molecule has 0 radical (unpaired) electrons. The molecule has 1 aliphatic heterocycles. The highest BCUT2D eigenvalue weighted by Gasteiger charge is 2.34. The van der Waals surface area contributed by atoms with Crippen LogP contribution in [0.2, 0.25) is 5.02 Å². The van der Waals surface area contributed by atoms with Crippen LogP contribution in [0.3, 0.4) is 0 Å². The summed E-state index contributed by atoms with van der Waals surface area (Å²) in [5.41, 5.74) is 2.93. The quantitative estimate of drug-likeness (QED) is 0.299. The van der Waals surface area contributed by atoms with Crippen LogP contribution in [-0.4, -0.2) is 29.1 Å². The summed E-state index contributed by atoms with van der Waals surface area (Å²) in [5, 5.41) is 0.284. The second-order valence-corrected chi connectivity index (χ2v) is 8.87. The Kier molecular flexibility index (Phi) is 7.35. The van der Waals surface area contributed by atoms with E-state index in [0.717, 1.165) is 28.5 Å². The molecule has 1 fully saturated rings. The molecule has 0 saturated carbocycles. The number of esters is 1. The Balaban J connectivity index is 1.41. The van der Waals surface area contributed by atoms with Gasteiger partial charge in [0, 0.05) is 5.02 Å². The van der Waals surface area contributed by atoms with Gasteiger partial charge in [-0.2, -0.15) is 0 Å². The van der Waals surface area contributed by atoms with E-state index in [1.807, 2.05) is 18.2 Å². The smallest absolute Gasteiger partial charge is 0.337 e. The number of carbonyl (C=O) groups excluding carboxylic acids is 3. The molecule has 0 bridgehead atoms. The van der Waals surface area contributed by atoms with Gasteiger partial charge in [0.05, 0.1) is 24.1 Å². The van der Waals surface area contributed by atoms with Crippen molar-refractivity contribution in [3.63, 3.8) is 0 Å². The van der Waals surface area contributed by atoms with E-state index >= 15 is 0 Å². The van der Waals surface area contributed by atoms with E-state index in [-0.39, 0.29) is 17.7 Å². The van der Waals surface area contributed by atoms with Crippen LogP contribution >= 0.6 is 23.4 Å². The van der Waals surface area contributed by atoms with E-state index < -0.39 is 5.97 Å². The zero-order chi connectivity index (χ0) is 24.1. The van der Waals surface area contributed by atoms with E-state index in [9.17, 15) is 14.4 Å². The molecule has 4 rings (SSSR count). The Morgan fingerprint density at radius 2 is 1.71 bits per heavy atom. The largest absolute Gasteiger partial charge is 0.489 e. The van der Waals surface area contributed by atoms with Crippen LogP contribution in [0, 0.1) is 0 Å². The van der Waals surface area contributed by atoms with Gasteiger partial charge in [-0.25, -0.2) is 4.79 Å². The number of hydrogen-bond donors (Lipinski definition) is 0. The predicted molar refractivity (Wildman–Crippen MR) is 132 cm³/mol. The summed E-state index contributed by atoms with van der Waals surface area (Å²) >= 11 is 6.82. The van der Waals surface area contributed by atoms with Crippen LogP contribution in [-0.2, 0) is 22.7 Å². The van der Waals surface area contributed by atoms with Gasteiger partial charge in [0.2, 0.25) is 0 Å². The van der Waals surface area contributed by atoms with Crippen LogP contribution in [0.15, 0.2) is 77.7 Å². The summed E-state index contributed by atoms with van der Waals surface area (Å²) in [6.45, 7) is 0.500. The summed E-state index contributed by atoms with van der Waals surface area (Å²) in [6, 6.07) is 21.3. The molecule has 34 heavy (non-hydrogen) atoms. The van der Waals surface area contributed by atoms with Crippen molar-refractivity contribution in [2.45, 2.75) is 13.2 Å². The maximum atomic E-state index is 12.8. The summed E-state index contributed by atoms with van der Waals surface area (Å²) in [6.07, 6.45) is 1.69. The molecular formula is C26H20ClNO5S. The number of carbonyl (C=O) groups is 3. The zero-order valence-electron chi connectivity index (χ0n) is 18.2. The van der Waals surface area contributed by atoms with E-state index in [1.165, 1.54) is 12.0 Å². The number of nitrogens with zero attached hydrogens (tertiary/aromatic N) is 1. The lowest BCUT2D eigenvalue weighted by molar-refractivity contribution is -0.123. The minimum Gasteiger partial charge on any atom is -0.489 e. The summed E-state index contributed by atoms with van der Waals surface area (Å²) in [7, 11) is 1.34. The van der Waals surface area contributed by atoms with Crippen LogP contribution in [0.1, 0.15) is 27.0 Å². The Morgan fingerprint density at radius 1 is 1.00 bits per heavy atom. The van der Waals surface area contributed by atoms with Gasteiger partial charge in [0.1, 0.15) is 12.4 Å². The maximum absolute atomic E-state index is 12.8. The molecule has 0 atom stereocenters. The third-order valence-corrected chi connectivity index (χ3v) is 6.22. The highest BCUT2D eigenvalue weighted by Crippen LogP contribution is 2.33. The molecule has 1 saturated heterocycles. The molecule has 8 heteroatoms. The van der Waals surface area contributed by atoms with Gasteiger partial charge in [-0.15, -0.1) is 0 Å². The molecule has 0 aliphatic carbocycles.